The molecule has 0 saturated carbocycles. The molecule has 0 aliphatic rings. The van der Waals surface area contributed by atoms with Crippen LogP contribution in [-0.2, 0) is 11.2 Å². The minimum absolute atomic E-state index is 0.153. The summed E-state index contributed by atoms with van der Waals surface area (Å²) < 4.78 is 1.28. The highest BCUT2D eigenvalue weighted by Gasteiger charge is 2.13. The first-order valence-corrected chi connectivity index (χ1v) is 7.90. The number of nitrogens with zero attached hydrogens (tertiary/aromatic N) is 3. The smallest absolute Gasteiger partial charge is 0.277 e. The first-order valence-electron chi connectivity index (χ1n) is 7.90. The van der Waals surface area contributed by atoms with Crippen molar-refractivity contribution >= 4 is 28.3 Å². The van der Waals surface area contributed by atoms with Crippen LogP contribution in [0.3, 0.4) is 0 Å². The Balaban J connectivity index is 1.49. The molecule has 0 unspecified atom stereocenters. The van der Waals surface area contributed by atoms with Gasteiger partial charge in [-0.3, -0.25) is 14.7 Å². The molecule has 0 aliphatic heterocycles. The predicted octanol–water partition coefficient (Wildman–Crippen LogP) is 1.78. The van der Waals surface area contributed by atoms with Crippen LogP contribution >= 0.6 is 0 Å². The average molecular weight is 336 g/mol. The van der Waals surface area contributed by atoms with Crippen LogP contribution in [0, 0.1) is 6.92 Å². The van der Waals surface area contributed by atoms with Gasteiger partial charge in [0.2, 0.25) is 5.91 Å². The third-order valence-electron chi connectivity index (χ3n) is 4.17. The Hall–Kier alpha value is -3.42. The molecule has 0 aliphatic carbocycles. The summed E-state index contributed by atoms with van der Waals surface area (Å²) >= 11 is 0. The number of amides is 1. The Morgan fingerprint density at radius 2 is 2.20 bits per heavy atom. The van der Waals surface area contributed by atoms with Gasteiger partial charge in [-0.2, -0.15) is 4.52 Å². The number of hydrogen-bond donors (Lipinski definition) is 3. The van der Waals surface area contributed by atoms with Crippen LogP contribution in [0.2, 0.25) is 0 Å². The van der Waals surface area contributed by atoms with Crippen molar-refractivity contribution in [2.24, 2.45) is 0 Å². The molecule has 0 bridgehead atoms. The zero-order chi connectivity index (χ0) is 17.4. The van der Waals surface area contributed by atoms with E-state index in [-0.39, 0.29) is 17.9 Å². The Morgan fingerprint density at radius 3 is 3.08 bits per heavy atom. The van der Waals surface area contributed by atoms with E-state index < -0.39 is 0 Å². The molecule has 1 amide bonds. The van der Waals surface area contributed by atoms with Gasteiger partial charge in [0.05, 0.1) is 5.69 Å². The summed E-state index contributed by atoms with van der Waals surface area (Å²) in [4.78, 5) is 36.0. The second kappa shape index (κ2) is 5.90. The van der Waals surface area contributed by atoms with E-state index in [1.165, 1.54) is 10.8 Å². The van der Waals surface area contributed by atoms with Crippen LogP contribution in [0.4, 0.5) is 5.69 Å². The molecule has 3 aromatic heterocycles. The van der Waals surface area contributed by atoms with Crippen molar-refractivity contribution in [2.45, 2.75) is 19.8 Å². The molecule has 126 valence electrons. The van der Waals surface area contributed by atoms with E-state index in [9.17, 15) is 9.59 Å². The molecule has 3 heterocycles. The van der Waals surface area contributed by atoms with Gasteiger partial charge in [0.15, 0.2) is 0 Å². The van der Waals surface area contributed by atoms with Gasteiger partial charge in [-0.1, -0.05) is 6.07 Å². The van der Waals surface area contributed by atoms with Crippen LogP contribution in [0.5, 0.6) is 0 Å². The zero-order valence-corrected chi connectivity index (χ0v) is 13.5. The molecule has 8 heteroatoms. The summed E-state index contributed by atoms with van der Waals surface area (Å²) in [6, 6.07) is 7.64. The van der Waals surface area contributed by atoms with Crippen LogP contribution in [0.25, 0.3) is 16.7 Å². The van der Waals surface area contributed by atoms with Gasteiger partial charge < -0.3 is 10.3 Å². The summed E-state index contributed by atoms with van der Waals surface area (Å²) in [5, 5.41) is 6.66. The van der Waals surface area contributed by atoms with E-state index in [1.807, 2.05) is 30.5 Å². The second-order valence-corrected chi connectivity index (χ2v) is 5.83. The molecular weight excluding hydrogens is 320 g/mol. The summed E-state index contributed by atoms with van der Waals surface area (Å²) in [7, 11) is 0. The standard InChI is InChI=1S/C17H16N6O2/c1-10-13(16(25)23-17(21-10)19-9-20-23)4-5-15(24)22-12-3-2-11-6-7-18-14(11)8-12/h2-3,6-9,18H,4-5H2,1H3,(H,22,24)(H,19,20,21). The molecule has 3 N–H and O–H groups in total. The van der Waals surface area contributed by atoms with Crippen LogP contribution in [0.1, 0.15) is 17.7 Å². The molecule has 8 nitrogen and oxygen atoms in total. The third kappa shape index (κ3) is 2.78. The number of aryl methyl sites for hydroxylation is 1. The SMILES string of the molecule is Cc1nc2nc[nH]n2c(=O)c1CCC(=O)Nc1ccc2cc[nH]c2c1. The van der Waals surface area contributed by atoms with Crippen molar-refractivity contribution in [1.29, 1.82) is 0 Å². The van der Waals surface area contributed by atoms with Crippen molar-refractivity contribution < 1.29 is 4.79 Å². The molecule has 0 spiro atoms. The lowest BCUT2D eigenvalue weighted by atomic mass is 10.1. The molecule has 0 saturated heterocycles. The fraction of sp³-hybridized carbons (Fsp3) is 0.176. The highest BCUT2D eigenvalue weighted by Crippen LogP contribution is 2.18. The number of carbonyl (C=O) groups excluding carboxylic acids is 1. The molecule has 0 fully saturated rings. The van der Waals surface area contributed by atoms with Crippen LogP contribution in [0.15, 0.2) is 41.6 Å². The predicted molar refractivity (Wildman–Crippen MR) is 93.6 cm³/mol. The largest absolute Gasteiger partial charge is 0.361 e. The molecule has 0 atom stereocenters. The van der Waals surface area contributed by atoms with E-state index in [4.69, 9.17) is 0 Å². The Bertz CT molecular complexity index is 1140. The topological polar surface area (TPSA) is 108 Å². The summed E-state index contributed by atoms with van der Waals surface area (Å²) in [5.74, 6) is 0.175. The summed E-state index contributed by atoms with van der Waals surface area (Å²) in [6.07, 6.45) is 3.78. The maximum Gasteiger partial charge on any atom is 0.277 e. The van der Waals surface area contributed by atoms with Gasteiger partial charge in [0.25, 0.3) is 11.3 Å². The number of aromatic nitrogens is 5. The van der Waals surface area contributed by atoms with Gasteiger partial charge in [0.1, 0.15) is 6.33 Å². The summed E-state index contributed by atoms with van der Waals surface area (Å²) in [5.41, 5.74) is 2.56. The van der Waals surface area contributed by atoms with E-state index in [1.54, 1.807) is 6.92 Å². The van der Waals surface area contributed by atoms with Gasteiger partial charge >= 0.3 is 0 Å². The Morgan fingerprint density at radius 1 is 1.32 bits per heavy atom. The average Bonchev–Trinajstić information content (AvgIpc) is 3.22. The van der Waals surface area contributed by atoms with E-state index in [0.717, 1.165) is 16.6 Å². The Kier molecular flexibility index (Phi) is 3.57. The number of fused-ring (bicyclic) bond motifs is 2. The highest BCUT2D eigenvalue weighted by atomic mass is 16.1. The maximum absolute atomic E-state index is 12.4. The fourth-order valence-electron chi connectivity index (χ4n) is 2.87. The van der Waals surface area contributed by atoms with Crippen LogP contribution < -0.4 is 10.9 Å². The van der Waals surface area contributed by atoms with Gasteiger partial charge in [-0.25, -0.2) is 9.97 Å². The zero-order valence-electron chi connectivity index (χ0n) is 13.5. The van der Waals surface area contributed by atoms with Gasteiger partial charge in [0, 0.05) is 29.4 Å². The first kappa shape index (κ1) is 15.1. The lowest BCUT2D eigenvalue weighted by molar-refractivity contribution is -0.116. The number of hydrogen-bond acceptors (Lipinski definition) is 4. The highest BCUT2D eigenvalue weighted by molar-refractivity contribution is 5.93. The minimum Gasteiger partial charge on any atom is -0.361 e. The normalized spacial score (nSPS) is 11.2. The molecule has 0 radical (unpaired) electrons. The lowest BCUT2D eigenvalue weighted by Crippen LogP contribution is -2.23. The first-order chi connectivity index (χ1) is 12.1. The number of nitrogens with one attached hydrogen (secondary N) is 3. The van der Waals surface area contributed by atoms with E-state index >= 15 is 0 Å². The van der Waals surface area contributed by atoms with Crippen molar-refractivity contribution in [3.05, 3.63) is 58.4 Å². The van der Waals surface area contributed by atoms with Crippen LogP contribution in [-0.4, -0.2) is 30.5 Å². The van der Waals surface area contributed by atoms with Crippen molar-refractivity contribution in [2.75, 3.05) is 5.32 Å². The van der Waals surface area contributed by atoms with E-state index in [2.05, 4.69) is 25.4 Å². The molecule has 1 aromatic carbocycles. The minimum atomic E-state index is -0.222. The number of rotatable bonds is 4. The van der Waals surface area contributed by atoms with Crippen molar-refractivity contribution in [1.82, 2.24) is 24.6 Å². The number of aromatic amines is 2. The number of benzene rings is 1. The number of H-pyrrole nitrogens is 2. The maximum atomic E-state index is 12.4. The molecular formula is C17H16N6O2. The Labute approximate surface area is 141 Å². The number of anilines is 1. The summed E-state index contributed by atoms with van der Waals surface area (Å²) in [6.45, 7) is 1.75. The van der Waals surface area contributed by atoms with Gasteiger partial charge in [-0.05, 0) is 36.9 Å². The van der Waals surface area contributed by atoms with Crippen molar-refractivity contribution in [3.63, 3.8) is 0 Å². The quantitative estimate of drug-likeness (QED) is 0.528. The molecule has 4 aromatic rings. The third-order valence-corrected chi connectivity index (χ3v) is 4.17. The molecule has 4 rings (SSSR count). The second-order valence-electron chi connectivity index (χ2n) is 5.83. The fourth-order valence-corrected chi connectivity index (χ4v) is 2.87. The number of carbonyl (C=O) groups is 1. The van der Waals surface area contributed by atoms with E-state index in [0.29, 0.717) is 23.5 Å². The molecule has 25 heavy (non-hydrogen) atoms. The monoisotopic (exact) mass is 336 g/mol. The van der Waals surface area contributed by atoms with Gasteiger partial charge in [-0.15, -0.1) is 0 Å². The lowest BCUT2D eigenvalue weighted by Gasteiger charge is -2.07. The van der Waals surface area contributed by atoms with Crippen molar-refractivity contribution in [3.8, 4) is 0 Å².